The van der Waals surface area contributed by atoms with Crippen molar-refractivity contribution in [2.24, 2.45) is 0 Å². The third-order valence-corrected chi connectivity index (χ3v) is 2.12. The summed E-state index contributed by atoms with van der Waals surface area (Å²) in [6, 6.07) is 1.14. The molecule has 5 heteroatoms. The number of terminal acetylenes is 1. The third-order valence-electron chi connectivity index (χ3n) is 2.12. The van der Waals surface area contributed by atoms with E-state index in [0.29, 0.717) is 4.73 Å². The van der Waals surface area contributed by atoms with Crippen LogP contribution in [0.2, 0.25) is 0 Å². The fourth-order valence-corrected chi connectivity index (χ4v) is 1.28. The Balaban J connectivity index is 3.25. The summed E-state index contributed by atoms with van der Waals surface area (Å²) >= 11 is 0. The smallest absolute Gasteiger partial charge is 0.297 e. The molecule has 0 aliphatic heterocycles. The SMILES string of the molecule is C#CCCC(=O)c1c(O)cc(C)n(O)c1=O. The van der Waals surface area contributed by atoms with E-state index in [1.807, 2.05) is 0 Å². The number of Topliss-reactive ketones (excluding diaryl/α,β-unsaturated/α-hetero) is 1. The van der Waals surface area contributed by atoms with Crippen LogP contribution in [0.25, 0.3) is 0 Å². The maximum atomic E-state index is 11.5. The molecule has 0 bridgehead atoms. The average Bonchev–Trinajstić information content (AvgIpc) is 2.23. The minimum Gasteiger partial charge on any atom is -0.507 e. The van der Waals surface area contributed by atoms with Gasteiger partial charge in [-0.1, -0.05) is 0 Å². The maximum Gasteiger partial charge on any atom is 0.297 e. The monoisotopic (exact) mass is 221 g/mol. The fourth-order valence-electron chi connectivity index (χ4n) is 1.28. The molecule has 0 fully saturated rings. The van der Waals surface area contributed by atoms with E-state index < -0.39 is 22.7 Å². The lowest BCUT2D eigenvalue weighted by atomic mass is 10.1. The van der Waals surface area contributed by atoms with Crippen molar-refractivity contribution in [3.63, 3.8) is 0 Å². The molecule has 0 radical (unpaired) electrons. The summed E-state index contributed by atoms with van der Waals surface area (Å²) in [4.78, 5) is 23.0. The molecule has 16 heavy (non-hydrogen) atoms. The van der Waals surface area contributed by atoms with E-state index in [0.717, 1.165) is 6.07 Å². The summed E-state index contributed by atoms with van der Waals surface area (Å²) in [6.07, 6.45) is 5.13. The number of rotatable bonds is 3. The standard InChI is InChI=1S/C11H11NO4/c1-3-4-5-8(13)10-9(14)6-7(2)12(16)11(10)15/h1,6,14,16H,4-5H2,2H3. The highest BCUT2D eigenvalue weighted by Gasteiger charge is 2.18. The lowest BCUT2D eigenvalue weighted by Gasteiger charge is -2.06. The van der Waals surface area contributed by atoms with Crippen molar-refractivity contribution < 1.29 is 15.1 Å². The summed E-state index contributed by atoms with van der Waals surface area (Å²) in [5, 5.41) is 18.8. The predicted octanol–water partition coefficient (Wildman–Crippen LogP) is 0.696. The van der Waals surface area contributed by atoms with Gasteiger partial charge in [-0.3, -0.25) is 9.59 Å². The molecule has 0 aliphatic carbocycles. The van der Waals surface area contributed by atoms with E-state index in [9.17, 15) is 19.9 Å². The van der Waals surface area contributed by atoms with Crippen LogP contribution in [-0.4, -0.2) is 20.8 Å². The molecule has 1 rings (SSSR count). The summed E-state index contributed by atoms with van der Waals surface area (Å²) in [5.74, 6) is 1.24. The topological polar surface area (TPSA) is 79.5 Å². The maximum absolute atomic E-state index is 11.5. The molecule has 0 saturated carbocycles. The highest BCUT2D eigenvalue weighted by Crippen LogP contribution is 2.16. The van der Waals surface area contributed by atoms with Crippen LogP contribution in [0, 0.1) is 19.3 Å². The first-order valence-electron chi connectivity index (χ1n) is 4.60. The molecule has 2 N–H and O–H groups in total. The van der Waals surface area contributed by atoms with Crippen molar-refractivity contribution in [3.8, 4) is 18.1 Å². The van der Waals surface area contributed by atoms with E-state index in [1.54, 1.807) is 0 Å². The van der Waals surface area contributed by atoms with Crippen molar-refractivity contribution in [3.05, 3.63) is 27.7 Å². The van der Waals surface area contributed by atoms with Crippen molar-refractivity contribution >= 4 is 5.78 Å². The van der Waals surface area contributed by atoms with Crippen molar-refractivity contribution in [2.75, 3.05) is 0 Å². The first-order chi connectivity index (χ1) is 7.49. The zero-order valence-electron chi connectivity index (χ0n) is 8.73. The van der Waals surface area contributed by atoms with Crippen LogP contribution in [0.3, 0.4) is 0 Å². The Morgan fingerprint density at radius 1 is 1.62 bits per heavy atom. The van der Waals surface area contributed by atoms with Crippen LogP contribution < -0.4 is 5.56 Å². The number of aromatic hydroxyl groups is 1. The molecule has 0 unspecified atom stereocenters. The Labute approximate surface area is 91.9 Å². The van der Waals surface area contributed by atoms with Crippen LogP contribution in [0.4, 0.5) is 0 Å². The quantitative estimate of drug-likeness (QED) is 0.447. The second-order valence-corrected chi connectivity index (χ2v) is 3.29. The van der Waals surface area contributed by atoms with E-state index in [2.05, 4.69) is 5.92 Å². The number of ketones is 1. The number of aryl methyl sites for hydroxylation is 1. The molecule has 0 atom stereocenters. The molecule has 0 aliphatic rings. The average molecular weight is 221 g/mol. The molecule has 1 aromatic heterocycles. The summed E-state index contributed by atoms with van der Waals surface area (Å²) in [5.41, 5.74) is -1.21. The van der Waals surface area contributed by atoms with Crippen LogP contribution in [0.1, 0.15) is 28.9 Å². The molecule has 0 aromatic carbocycles. The third kappa shape index (κ3) is 2.06. The molecule has 1 aromatic rings. The molecule has 0 amide bonds. The van der Waals surface area contributed by atoms with Gasteiger partial charge in [-0.05, 0) is 6.92 Å². The van der Waals surface area contributed by atoms with Gasteiger partial charge in [0.15, 0.2) is 5.78 Å². The summed E-state index contributed by atoms with van der Waals surface area (Å²) < 4.78 is 0.322. The normalized spacial score (nSPS) is 9.75. The number of carbonyl (C=O) groups is 1. The first-order valence-corrected chi connectivity index (χ1v) is 4.60. The molecule has 1 heterocycles. The van der Waals surface area contributed by atoms with Gasteiger partial charge in [0.25, 0.3) is 5.56 Å². The Bertz CT molecular complexity index is 522. The lowest BCUT2D eigenvalue weighted by molar-refractivity contribution is 0.0971. The Kier molecular flexibility index (Phi) is 3.36. The zero-order chi connectivity index (χ0) is 12.3. The lowest BCUT2D eigenvalue weighted by Crippen LogP contribution is -2.26. The van der Waals surface area contributed by atoms with Gasteiger partial charge in [0, 0.05) is 18.9 Å². The second kappa shape index (κ2) is 4.53. The van der Waals surface area contributed by atoms with Gasteiger partial charge in [-0.25, -0.2) is 0 Å². The number of pyridine rings is 1. The Morgan fingerprint density at radius 3 is 2.81 bits per heavy atom. The highest BCUT2D eigenvalue weighted by atomic mass is 16.5. The van der Waals surface area contributed by atoms with Crippen LogP contribution in [0.5, 0.6) is 5.75 Å². The minimum absolute atomic E-state index is 0.0393. The van der Waals surface area contributed by atoms with Gasteiger partial charge in [-0.2, -0.15) is 4.73 Å². The largest absolute Gasteiger partial charge is 0.507 e. The number of nitrogens with zero attached hydrogens (tertiary/aromatic N) is 1. The minimum atomic E-state index is -0.931. The van der Waals surface area contributed by atoms with Crippen LogP contribution >= 0.6 is 0 Å². The molecular weight excluding hydrogens is 210 g/mol. The van der Waals surface area contributed by atoms with Gasteiger partial charge in [0.05, 0.1) is 5.69 Å². The van der Waals surface area contributed by atoms with Crippen LogP contribution in [0.15, 0.2) is 10.9 Å². The number of aromatic nitrogens is 1. The van der Waals surface area contributed by atoms with Crippen LogP contribution in [-0.2, 0) is 0 Å². The molecule has 5 nitrogen and oxygen atoms in total. The van der Waals surface area contributed by atoms with E-state index in [1.165, 1.54) is 6.92 Å². The van der Waals surface area contributed by atoms with Gasteiger partial charge < -0.3 is 10.3 Å². The van der Waals surface area contributed by atoms with Crippen molar-refractivity contribution in [2.45, 2.75) is 19.8 Å². The van der Waals surface area contributed by atoms with Crippen molar-refractivity contribution in [1.29, 1.82) is 0 Å². The second-order valence-electron chi connectivity index (χ2n) is 3.29. The summed E-state index contributed by atoms with van der Waals surface area (Å²) in [7, 11) is 0. The van der Waals surface area contributed by atoms with E-state index >= 15 is 0 Å². The Morgan fingerprint density at radius 2 is 2.25 bits per heavy atom. The molecule has 0 spiro atoms. The fraction of sp³-hybridized carbons (Fsp3) is 0.273. The molecular formula is C11H11NO4. The Hall–Kier alpha value is -2.22. The summed E-state index contributed by atoms with van der Waals surface area (Å²) in [6.45, 7) is 1.43. The number of hydrogen-bond acceptors (Lipinski definition) is 4. The molecule has 0 saturated heterocycles. The highest BCUT2D eigenvalue weighted by molar-refractivity contribution is 5.98. The van der Waals surface area contributed by atoms with Crippen molar-refractivity contribution in [1.82, 2.24) is 4.73 Å². The van der Waals surface area contributed by atoms with Gasteiger partial charge in [0.2, 0.25) is 0 Å². The zero-order valence-corrected chi connectivity index (χ0v) is 8.73. The molecule has 84 valence electrons. The predicted molar refractivity (Wildman–Crippen MR) is 56.7 cm³/mol. The van der Waals surface area contributed by atoms with Gasteiger partial charge in [0.1, 0.15) is 11.3 Å². The van der Waals surface area contributed by atoms with E-state index in [-0.39, 0.29) is 18.5 Å². The van der Waals surface area contributed by atoms with E-state index in [4.69, 9.17) is 6.42 Å². The number of carbonyl (C=O) groups excluding carboxylic acids is 1. The van der Waals surface area contributed by atoms with Gasteiger partial charge >= 0.3 is 0 Å². The number of hydrogen-bond donors (Lipinski definition) is 2. The first kappa shape index (κ1) is 11.9. The van der Waals surface area contributed by atoms with Gasteiger partial charge in [-0.15, -0.1) is 12.3 Å².